The van der Waals surface area contributed by atoms with Crippen LogP contribution in [0.5, 0.6) is 0 Å². The minimum atomic E-state index is -0.475. The quantitative estimate of drug-likeness (QED) is 0.681. The molecule has 0 aliphatic rings. The molecule has 0 aliphatic heterocycles. The van der Waals surface area contributed by atoms with E-state index in [1.54, 1.807) is 13.0 Å². The van der Waals surface area contributed by atoms with Crippen LogP contribution in [0.2, 0.25) is 0 Å². The van der Waals surface area contributed by atoms with Gasteiger partial charge in [-0.3, -0.25) is 0 Å². The molecule has 0 atom stereocenters. The van der Waals surface area contributed by atoms with Crippen molar-refractivity contribution in [1.82, 2.24) is 0 Å². The van der Waals surface area contributed by atoms with Crippen molar-refractivity contribution in [1.29, 1.82) is 0 Å². The van der Waals surface area contributed by atoms with Gasteiger partial charge in [-0.05, 0) is 41.1 Å². The third-order valence-corrected chi connectivity index (χ3v) is 2.97. The summed E-state index contributed by atoms with van der Waals surface area (Å²) in [6.07, 6.45) is 1.60. The molecular formula is C9H10BrNO2S. The van der Waals surface area contributed by atoms with Gasteiger partial charge in [0.05, 0.1) is 10.4 Å². The van der Waals surface area contributed by atoms with Crippen LogP contribution in [0, 0.1) is 0 Å². The number of hydrogen-bond acceptors (Lipinski definition) is 4. The van der Waals surface area contributed by atoms with Crippen LogP contribution in [0.4, 0.5) is 0 Å². The largest absolute Gasteiger partial charge is 0.461 e. The van der Waals surface area contributed by atoms with Crippen LogP contribution in [-0.2, 0) is 9.53 Å². The lowest BCUT2D eigenvalue weighted by Gasteiger charge is -1.99. The van der Waals surface area contributed by atoms with Crippen LogP contribution in [0.3, 0.4) is 0 Å². The predicted molar refractivity (Wildman–Crippen MR) is 60.8 cm³/mol. The molecule has 0 spiro atoms. The Balaban J connectivity index is 2.73. The molecule has 0 aromatic carbocycles. The van der Waals surface area contributed by atoms with Gasteiger partial charge in [0, 0.05) is 4.88 Å². The molecule has 0 saturated heterocycles. The van der Waals surface area contributed by atoms with Gasteiger partial charge in [0.25, 0.3) is 0 Å². The fourth-order valence-corrected chi connectivity index (χ4v) is 2.21. The fourth-order valence-electron chi connectivity index (χ4n) is 0.832. The van der Waals surface area contributed by atoms with Crippen molar-refractivity contribution < 1.29 is 9.53 Å². The summed E-state index contributed by atoms with van der Waals surface area (Å²) in [4.78, 5) is 12.1. The first-order valence-corrected chi connectivity index (χ1v) is 5.64. The SMILES string of the molecule is CCOC(=O)/C(N)=C/c1ccc(Br)s1. The van der Waals surface area contributed by atoms with Crippen molar-refractivity contribution in [2.24, 2.45) is 5.73 Å². The van der Waals surface area contributed by atoms with E-state index in [9.17, 15) is 4.79 Å². The first kappa shape index (κ1) is 11.3. The zero-order valence-corrected chi connectivity index (χ0v) is 10.0. The Morgan fingerprint density at radius 2 is 2.43 bits per heavy atom. The molecule has 2 N–H and O–H groups in total. The zero-order chi connectivity index (χ0) is 10.6. The Morgan fingerprint density at radius 3 is 2.93 bits per heavy atom. The van der Waals surface area contributed by atoms with Gasteiger partial charge in [-0.2, -0.15) is 0 Å². The van der Waals surface area contributed by atoms with Crippen LogP contribution in [0.25, 0.3) is 6.08 Å². The Bertz CT molecular complexity index is 359. The minimum Gasteiger partial charge on any atom is -0.461 e. The average Bonchev–Trinajstić information content (AvgIpc) is 2.51. The molecule has 76 valence electrons. The number of carbonyl (C=O) groups excluding carboxylic acids is 1. The van der Waals surface area contributed by atoms with Crippen molar-refractivity contribution in [3.8, 4) is 0 Å². The third kappa shape index (κ3) is 3.16. The first-order valence-electron chi connectivity index (χ1n) is 4.03. The van der Waals surface area contributed by atoms with E-state index in [2.05, 4.69) is 15.9 Å². The summed E-state index contributed by atoms with van der Waals surface area (Å²) in [5, 5.41) is 0. The molecule has 0 radical (unpaired) electrons. The van der Waals surface area contributed by atoms with Crippen molar-refractivity contribution in [2.75, 3.05) is 6.61 Å². The smallest absolute Gasteiger partial charge is 0.354 e. The van der Waals surface area contributed by atoms with Gasteiger partial charge in [-0.1, -0.05) is 0 Å². The summed E-state index contributed by atoms with van der Waals surface area (Å²) in [7, 11) is 0. The van der Waals surface area contributed by atoms with Gasteiger partial charge < -0.3 is 10.5 Å². The maximum absolute atomic E-state index is 11.1. The van der Waals surface area contributed by atoms with Crippen LogP contribution in [0.15, 0.2) is 21.6 Å². The zero-order valence-electron chi connectivity index (χ0n) is 7.62. The van der Waals surface area contributed by atoms with E-state index in [-0.39, 0.29) is 5.70 Å². The molecule has 14 heavy (non-hydrogen) atoms. The van der Waals surface area contributed by atoms with Crippen LogP contribution < -0.4 is 5.73 Å². The number of carbonyl (C=O) groups is 1. The number of hydrogen-bond donors (Lipinski definition) is 1. The maximum atomic E-state index is 11.1. The number of rotatable bonds is 3. The van der Waals surface area contributed by atoms with E-state index in [0.717, 1.165) is 8.66 Å². The highest BCUT2D eigenvalue weighted by atomic mass is 79.9. The predicted octanol–water partition coefficient (Wildman–Crippen LogP) is 2.37. The number of esters is 1. The third-order valence-electron chi connectivity index (χ3n) is 1.40. The summed E-state index contributed by atoms with van der Waals surface area (Å²) in [6, 6.07) is 3.77. The highest BCUT2D eigenvalue weighted by Gasteiger charge is 2.05. The first-order chi connectivity index (χ1) is 6.63. The van der Waals surface area contributed by atoms with Crippen LogP contribution in [-0.4, -0.2) is 12.6 Å². The highest BCUT2D eigenvalue weighted by Crippen LogP contribution is 2.23. The Labute approximate surface area is 94.7 Å². The molecule has 5 heteroatoms. The lowest BCUT2D eigenvalue weighted by atomic mass is 10.3. The molecule has 1 heterocycles. The highest BCUT2D eigenvalue weighted by molar-refractivity contribution is 9.11. The minimum absolute atomic E-state index is 0.126. The van der Waals surface area contributed by atoms with Gasteiger partial charge in [-0.25, -0.2) is 4.79 Å². The normalized spacial score (nSPS) is 11.4. The van der Waals surface area contributed by atoms with E-state index in [1.165, 1.54) is 11.3 Å². The molecule has 1 aromatic heterocycles. The van der Waals surface area contributed by atoms with Gasteiger partial charge in [0.15, 0.2) is 0 Å². The summed E-state index contributed by atoms with van der Waals surface area (Å²) >= 11 is 4.83. The van der Waals surface area contributed by atoms with Crippen LogP contribution >= 0.6 is 27.3 Å². The summed E-state index contributed by atoms with van der Waals surface area (Å²) < 4.78 is 5.74. The van der Waals surface area contributed by atoms with E-state index >= 15 is 0 Å². The van der Waals surface area contributed by atoms with Crippen molar-refractivity contribution in [3.05, 3.63) is 26.5 Å². The second kappa shape index (κ2) is 5.17. The standard InChI is InChI=1S/C9H10BrNO2S/c1-2-13-9(12)7(11)5-6-3-4-8(10)14-6/h3-5H,2,11H2,1H3/b7-5-. The van der Waals surface area contributed by atoms with E-state index in [1.807, 2.05) is 12.1 Å². The Morgan fingerprint density at radius 1 is 1.71 bits per heavy atom. The molecule has 0 amide bonds. The Kier molecular flexibility index (Phi) is 4.16. The molecule has 0 saturated carbocycles. The van der Waals surface area contributed by atoms with E-state index in [4.69, 9.17) is 10.5 Å². The summed E-state index contributed by atoms with van der Waals surface area (Å²) in [6.45, 7) is 2.08. The Hall–Kier alpha value is -0.810. The lowest BCUT2D eigenvalue weighted by Crippen LogP contribution is -2.14. The van der Waals surface area contributed by atoms with Gasteiger partial charge >= 0.3 is 5.97 Å². The average molecular weight is 276 g/mol. The van der Waals surface area contributed by atoms with Crippen molar-refractivity contribution in [2.45, 2.75) is 6.92 Å². The van der Waals surface area contributed by atoms with E-state index in [0.29, 0.717) is 6.61 Å². The van der Waals surface area contributed by atoms with Crippen molar-refractivity contribution >= 4 is 39.3 Å². The summed E-state index contributed by atoms with van der Waals surface area (Å²) in [5.74, 6) is -0.475. The molecule has 0 fully saturated rings. The summed E-state index contributed by atoms with van der Waals surface area (Å²) in [5.41, 5.74) is 5.65. The molecule has 0 unspecified atom stereocenters. The molecular weight excluding hydrogens is 266 g/mol. The number of nitrogens with two attached hydrogens (primary N) is 1. The van der Waals surface area contributed by atoms with Crippen LogP contribution in [0.1, 0.15) is 11.8 Å². The maximum Gasteiger partial charge on any atom is 0.354 e. The molecule has 3 nitrogen and oxygen atoms in total. The number of thiophene rings is 1. The monoisotopic (exact) mass is 275 g/mol. The van der Waals surface area contributed by atoms with Gasteiger partial charge in [0.2, 0.25) is 0 Å². The van der Waals surface area contributed by atoms with Gasteiger partial charge in [-0.15, -0.1) is 11.3 Å². The van der Waals surface area contributed by atoms with Crippen molar-refractivity contribution in [3.63, 3.8) is 0 Å². The lowest BCUT2D eigenvalue weighted by molar-refractivity contribution is -0.138. The molecule has 1 aromatic rings. The number of ether oxygens (including phenoxy) is 1. The van der Waals surface area contributed by atoms with E-state index < -0.39 is 5.97 Å². The topological polar surface area (TPSA) is 52.3 Å². The van der Waals surface area contributed by atoms with Gasteiger partial charge in [0.1, 0.15) is 5.70 Å². The fraction of sp³-hybridized carbons (Fsp3) is 0.222. The molecule has 0 bridgehead atoms. The second-order valence-corrected chi connectivity index (χ2v) is 4.96. The number of halogens is 1. The molecule has 1 rings (SSSR count). The second-order valence-electron chi connectivity index (χ2n) is 2.46. The molecule has 0 aliphatic carbocycles.